The van der Waals surface area contributed by atoms with Crippen molar-refractivity contribution in [2.75, 3.05) is 21.1 Å². The molecule has 0 aromatic heterocycles. The number of hydrogen-bond acceptors (Lipinski definition) is 2. The van der Waals surface area contributed by atoms with E-state index in [0.29, 0.717) is 0 Å². The molecule has 19 heavy (non-hydrogen) atoms. The second-order valence-electron chi connectivity index (χ2n) is 4.38. The Morgan fingerprint density at radius 3 is 1.74 bits per heavy atom. The quantitative estimate of drug-likeness (QED) is 0.473. The average molecular weight is 365 g/mol. The zero-order chi connectivity index (χ0) is 15.5. The van der Waals surface area contributed by atoms with Crippen molar-refractivity contribution >= 4 is 31.7 Å². The molecular weight excluding hydrogens is 351 g/mol. The number of quaternary nitrogens is 1. The van der Waals surface area contributed by atoms with Crippen LogP contribution in [-0.2, 0) is 10.1 Å². The lowest BCUT2D eigenvalue weighted by Gasteiger charge is -2.24. The van der Waals surface area contributed by atoms with Crippen LogP contribution >= 0.6 is 15.9 Å². The molecular formula is C10H14BrF3NO3S+. The van der Waals surface area contributed by atoms with Gasteiger partial charge in [0.25, 0.3) is 0 Å². The number of alkyl halides is 3. The highest BCUT2D eigenvalue weighted by molar-refractivity contribution is 9.10. The zero-order valence-electron chi connectivity index (χ0n) is 10.4. The smallest absolute Gasteiger partial charge is 0.297 e. The maximum absolute atomic E-state index is 10.7. The van der Waals surface area contributed by atoms with E-state index in [9.17, 15) is 13.2 Å². The molecule has 1 rings (SSSR count). The molecule has 4 nitrogen and oxygen atoms in total. The molecule has 0 bridgehead atoms. The molecule has 0 aliphatic rings. The molecule has 0 aliphatic carbocycles. The van der Waals surface area contributed by atoms with E-state index in [4.69, 9.17) is 13.0 Å². The van der Waals surface area contributed by atoms with E-state index in [1.807, 2.05) is 6.07 Å². The van der Waals surface area contributed by atoms with Crippen LogP contribution in [0.25, 0.3) is 0 Å². The minimum Gasteiger partial charge on any atom is -0.297 e. The summed E-state index contributed by atoms with van der Waals surface area (Å²) in [4.78, 5) is 0. The summed E-state index contributed by atoms with van der Waals surface area (Å²) in [6.07, 6.45) is 0. The van der Waals surface area contributed by atoms with Gasteiger partial charge in [0.2, 0.25) is 0 Å². The van der Waals surface area contributed by atoms with Crippen molar-refractivity contribution in [1.82, 2.24) is 4.48 Å². The van der Waals surface area contributed by atoms with Crippen LogP contribution in [0.4, 0.5) is 18.9 Å². The third-order valence-electron chi connectivity index (χ3n) is 1.87. The largest absolute Gasteiger partial charge is 0.522 e. The first-order valence-corrected chi connectivity index (χ1v) is 7.10. The van der Waals surface area contributed by atoms with Gasteiger partial charge in [0.1, 0.15) is 5.69 Å². The van der Waals surface area contributed by atoms with E-state index >= 15 is 0 Å². The highest BCUT2D eigenvalue weighted by Gasteiger charge is 2.44. The lowest BCUT2D eigenvalue weighted by molar-refractivity contribution is -0.0510. The van der Waals surface area contributed by atoms with E-state index in [1.54, 1.807) is 0 Å². The van der Waals surface area contributed by atoms with Gasteiger partial charge in [0.15, 0.2) is 0 Å². The number of rotatable bonds is 1. The maximum Gasteiger partial charge on any atom is 0.522 e. The third kappa shape index (κ3) is 6.37. The van der Waals surface area contributed by atoms with Crippen molar-refractivity contribution in [1.29, 1.82) is 0 Å². The van der Waals surface area contributed by atoms with Crippen LogP contribution in [-0.4, -0.2) is 39.6 Å². The molecule has 0 aliphatic heterocycles. The second kappa shape index (κ2) is 6.21. The molecule has 1 aromatic rings. The lowest BCUT2D eigenvalue weighted by atomic mass is 10.3. The fourth-order valence-electron chi connectivity index (χ4n) is 0.996. The van der Waals surface area contributed by atoms with Crippen LogP contribution < -0.4 is 4.48 Å². The summed E-state index contributed by atoms with van der Waals surface area (Å²) in [6.45, 7) is 0. The molecule has 110 valence electrons. The monoisotopic (exact) mass is 364 g/mol. The summed E-state index contributed by atoms with van der Waals surface area (Å²) < 4.78 is 59.6. The van der Waals surface area contributed by atoms with Crippen LogP contribution in [0.15, 0.2) is 28.7 Å². The Bertz CT molecular complexity index is 524. The van der Waals surface area contributed by atoms with E-state index in [2.05, 4.69) is 55.3 Å². The molecule has 9 heteroatoms. The van der Waals surface area contributed by atoms with Gasteiger partial charge in [-0.2, -0.15) is 21.6 Å². The van der Waals surface area contributed by atoms with Gasteiger partial charge in [0, 0.05) is 6.07 Å². The Morgan fingerprint density at radius 1 is 1.16 bits per heavy atom. The van der Waals surface area contributed by atoms with Crippen LogP contribution in [0.3, 0.4) is 0 Å². The van der Waals surface area contributed by atoms with Gasteiger partial charge in [-0.3, -0.25) is 9.04 Å². The minimum atomic E-state index is -5.84. The summed E-state index contributed by atoms with van der Waals surface area (Å²) in [5.74, 6) is 0. The van der Waals surface area contributed by atoms with E-state index in [0.717, 1.165) is 4.48 Å². The fourth-order valence-corrected chi connectivity index (χ4v) is 1.81. The minimum absolute atomic E-state index is 0.849. The van der Waals surface area contributed by atoms with Crippen molar-refractivity contribution in [2.24, 2.45) is 0 Å². The molecule has 0 amide bonds. The third-order valence-corrected chi connectivity index (χ3v) is 3.12. The van der Waals surface area contributed by atoms with Crippen molar-refractivity contribution < 1.29 is 26.1 Å². The Labute approximate surface area is 118 Å². The van der Waals surface area contributed by atoms with E-state index in [1.165, 1.54) is 10.2 Å². The molecule has 0 saturated heterocycles. The fraction of sp³-hybridized carbons (Fsp3) is 0.400. The van der Waals surface area contributed by atoms with Crippen LogP contribution in [0.1, 0.15) is 0 Å². The van der Waals surface area contributed by atoms with Gasteiger partial charge in [-0.15, -0.1) is 0 Å². The summed E-state index contributed by atoms with van der Waals surface area (Å²) in [6, 6.07) is 8.29. The normalized spacial score (nSPS) is 12.6. The average Bonchev–Trinajstić information content (AvgIpc) is 2.14. The van der Waals surface area contributed by atoms with Crippen molar-refractivity contribution in [3.8, 4) is 0 Å². The SMILES string of the molecule is C[N+](C)(C)c1ccccc1Br.O=S(=O)(O)C(F)(F)F. The van der Waals surface area contributed by atoms with Crippen LogP contribution in [0.5, 0.6) is 0 Å². The molecule has 0 atom stereocenters. The number of nitrogens with zero attached hydrogens (tertiary/aromatic N) is 1. The first-order chi connectivity index (χ1) is 8.27. The number of benzene rings is 1. The molecule has 0 fully saturated rings. The predicted molar refractivity (Wildman–Crippen MR) is 71.3 cm³/mol. The molecule has 0 spiro atoms. The topological polar surface area (TPSA) is 54.4 Å². The number of halogens is 4. The maximum atomic E-state index is 10.7. The van der Waals surface area contributed by atoms with E-state index < -0.39 is 15.6 Å². The number of para-hydroxylation sites is 1. The summed E-state index contributed by atoms with van der Waals surface area (Å²) >= 11 is 3.52. The van der Waals surface area contributed by atoms with Gasteiger partial charge in [-0.1, -0.05) is 12.1 Å². The van der Waals surface area contributed by atoms with Gasteiger partial charge in [-0.05, 0) is 22.0 Å². The standard InChI is InChI=1S/C9H13BrN.CHF3O3S/c1-11(2,3)9-7-5-4-6-8(9)10;2-1(3,4)8(5,6)7/h4-7H,1-3H3;(H,5,6,7)/q+1;. The van der Waals surface area contributed by atoms with Crippen molar-refractivity contribution in [2.45, 2.75) is 5.51 Å². The zero-order valence-corrected chi connectivity index (χ0v) is 12.8. The van der Waals surface area contributed by atoms with Crippen molar-refractivity contribution in [3.63, 3.8) is 0 Å². The van der Waals surface area contributed by atoms with Gasteiger partial charge in [0.05, 0.1) is 25.6 Å². The van der Waals surface area contributed by atoms with Crippen LogP contribution in [0, 0.1) is 0 Å². The van der Waals surface area contributed by atoms with Crippen molar-refractivity contribution in [3.05, 3.63) is 28.7 Å². The molecule has 0 saturated carbocycles. The van der Waals surface area contributed by atoms with Gasteiger partial charge >= 0.3 is 15.6 Å². The Hall–Kier alpha value is -0.640. The summed E-state index contributed by atoms with van der Waals surface area (Å²) in [5, 5.41) is 0. The second-order valence-corrected chi connectivity index (χ2v) is 6.65. The van der Waals surface area contributed by atoms with Gasteiger partial charge < -0.3 is 0 Å². The van der Waals surface area contributed by atoms with E-state index in [-0.39, 0.29) is 0 Å². The molecule has 0 radical (unpaired) electrons. The molecule has 1 N–H and O–H groups in total. The predicted octanol–water partition coefficient (Wildman–Crippen LogP) is 3.04. The molecule has 1 aromatic carbocycles. The first kappa shape index (κ1) is 18.4. The van der Waals surface area contributed by atoms with Gasteiger partial charge in [-0.25, -0.2) is 0 Å². The lowest BCUT2D eigenvalue weighted by Crippen LogP contribution is -2.34. The first-order valence-electron chi connectivity index (χ1n) is 4.87. The number of hydrogen-bond donors (Lipinski definition) is 1. The Morgan fingerprint density at radius 2 is 1.53 bits per heavy atom. The summed E-state index contributed by atoms with van der Waals surface area (Å²) in [7, 11) is 0.618. The Kier molecular flexibility index (Phi) is 6.00. The molecule has 0 unspecified atom stereocenters. The highest BCUT2D eigenvalue weighted by atomic mass is 79.9. The van der Waals surface area contributed by atoms with Crippen LogP contribution in [0.2, 0.25) is 0 Å². The Balaban J connectivity index is 0.000000362. The summed E-state index contributed by atoms with van der Waals surface area (Å²) in [5.41, 5.74) is -4.24. The molecule has 0 heterocycles. The highest BCUT2D eigenvalue weighted by Crippen LogP contribution is 2.26.